The summed E-state index contributed by atoms with van der Waals surface area (Å²) in [6.45, 7) is 9.23. The van der Waals surface area contributed by atoms with Crippen LogP contribution in [0.1, 0.15) is 109 Å². The summed E-state index contributed by atoms with van der Waals surface area (Å²) in [5, 5.41) is 29.2. The summed E-state index contributed by atoms with van der Waals surface area (Å²) < 4.78 is 0. The van der Waals surface area contributed by atoms with E-state index >= 15 is 0 Å². The highest BCUT2D eigenvalue weighted by Crippen LogP contribution is 2.38. The predicted molar refractivity (Wildman–Crippen MR) is 142 cm³/mol. The van der Waals surface area contributed by atoms with Crippen LogP contribution in [0.15, 0.2) is 24.8 Å². The number of aromatic nitrogens is 4. The Labute approximate surface area is 219 Å². The molecule has 0 radical (unpaired) electrons. The summed E-state index contributed by atoms with van der Waals surface area (Å²) in [5.41, 5.74) is 5.72. The minimum Gasteiger partial charge on any atom is -0.465 e. The molecule has 5 N–H and O–H groups in total. The lowest BCUT2D eigenvalue weighted by Gasteiger charge is -2.33. The van der Waals surface area contributed by atoms with Gasteiger partial charge in [0.1, 0.15) is 5.82 Å². The van der Waals surface area contributed by atoms with Gasteiger partial charge in [0.05, 0.1) is 47.4 Å². The number of nitrogen functional groups attached to an aromatic ring is 1. The largest absolute Gasteiger partial charge is 0.465 e. The van der Waals surface area contributed by atoms with E-state index in [0.29, 0.717) is 17.6 Å². The molecule has 2 saturated carbocycles. The topological polar surface area (TPSA) is 159 Å². The van der Waals surface area contributed by atoms with Crippen LogP contribution < -0.4 is 10.6 Å². The normalized spacial score (nSPS) is 28.1. The Morgan fingerprint density at radius 2 is 1.27 bits per heavy atom. The zero-order valence-electron chi connectivity index (χ0n) is 22.7. The van der Waals surface area contributed by atoms with Gasteiger partial charge in [-0.15, -0.1) is 0 Å². The number of hydrogen-bond acceptors (Lipinski definition) is 8. The zero-order valence-corrected chi connectivity index (χ0v) is 22.7. The number of carboxylic acid groups (broad SMARTS) is 1. The number of carbonyl (C=O) groups is 1. The molecule has 204 valence electrons. The third-order valence-corrected chi connectivity index (χ3v) is 7.40. The van der Waals surface area contributed by atoms with Crippen molar-refractivity contribution in [3.8, 4) is 0 Å². The lowest BCUT2D eigenvalue weighted by Crippen LogP contribution is -2.45. The molecule has 0 saturated heterocycles. The van der Waals surface area contributed by atoms with E-state index in [4.69, 9.17) is 5.73 Å². The first kappa shape index (κ1) is 28.7. The van der Waals surface area contributed by atoms with Gasteiger partial charge in [0.2, 0.25) is 0 Å². The summed E-state index contributed by atoms with van der Waals surface area (Å²) in [4.78, 5) is 29.7. The fraction of sp³-hybridized carbons (Fsp3) is 0.667. The Morgan fingerprint density at radius 1 is 0.838 bits per heavy atom. The van der Waals surface area contributed by atoms with Gasteiger partial charge in [-0.05, 0) is 86.0 Å². The van der Waals surface area contributed by atoms with Gasteiger partial charge < -0.3 is 21.1 Å². The van der Waals surface area contributed by atoms with Gasteiger partial charge in [-0.3, -0.25) is 14.9 Å². The molecule has 2 heterocycles. The number of aliphatic hydroxyl groups is 2. The van der Waals surface area contributed by atoms with Crippen LogP contribution in [-0.2, 0) is 0 Å². The van der Waals surface area contributed by atoms with Crippen molar-refractivity contribution in [2.24, 2.45) is 0 Å². The standard InChI is InChI=1S/C16H25N3O3.C11H17N3O/c1-15(2,3)19(14(20)21)13-10-17-12(9-18-13)11-5-7-16(4,22)8-6-11;1-11(15)4-2-8(3-5-11)9-6-14-10(12)7-13-9/h9-11,22H,5-8H2,1-4H3,(H,20,21);6-8,15H,2-5H2,1H3,(H2,12,14). The lowest BCUT2D eigenvalue weighted by atomic mass is 9.79. The Morgan fingerprint density at radius 3 is 1.59 bits per heavy atom. The van der Waals surface area contributed by atoms with Crippen LogP contribution in [0, 0.1) is 0 Å². The number of nitrogens with zero attached hydrogens (tertiary/aromatic N) is 5. The average molecular weight is 515 g/mol. The number of hydrogen-bond donors (Lipinski definition) is 4. The van der Waals surface area contributed by atoms with Crippen LogP contribution in [-0.4, -0.2) is 58.1 Å². The van der Waals surface area contributed by atoms with E-state index < -0.39 is 22.8 Å². The first-order valence-corrected chi connectivity index (χ1v) is 13.0. The second-order valence-corrected chi connectivity index (χ2v) is 12.0. The monoisotopic (exact) mass is 514 g/mol. The zero-order chi connectivity index (χ0) is 27.4. The van der Waals surface area contributed by atoms with Gasteiger partial charge in [-0.25, -0.2) is 14.8 Å². The van der Waals surface area contributed by atoms with Crippen molar-refractivity contribution in [2.45, 2.75) is 115 Å². The number of nitrogens with two attached hydrogens (primary N) is 1. The molecule has 2 aromatic heterocycles. The Kier molecular flexibility index (Phi) is 8.74. The fourth-order valence-corrected chi connectivity index (χ4v) is 5.02. The van der Waals surface area contributed by atoms with E-state index in [-0.39, 0.29) is 5.92 Å². The fourth-order valence-electron chi connectivity index (χ4n) is 5.02. The van der Waals surface area contributed by atoms with Gasteiger partial charge in [0.25, 0.3) is 0 Å². The Bertz CT molecular complexity index is 1010. The van der Waals surface area contributed by atoms with Gasteiger partial charge in [-0.1, -0.05) is 0 Å². The van der Waals surface area contributed by atoms with Crippen LogP contribution in [0.3, 0.4) is 0 Å². The molecule has 4 rings (SSSR count). The molecule has 0 atom stereocenters. The lowest BCUT2D eigenvalue weighted by molar-refractivity contribution is 0.0163. The summed E-state index contributed by atoms with van der Waals surface area (Å²) in [6.07, 6.45) is 12.4. The van der Waals surface area contributed by atoms with Crippen molar-refractivity contribution < 1.29 is 20.1 Å². The van der Waals surface area contributed by atoms with E-state index in [9.17, 15) is 20.1 Å². The van der Waals surface area contributed by atoms with Crippen molar-refractivity contribution in [3.05, 3.63) is 36.2 Å². The van der Waals surface area contributed by atoms with E-state index in [0.717, 1.165) is 62.8 Å². The minimum atomic E-state index is -1.04. The summed E-state index contributed by atoms with van der Waals surface area (Å²) >= 11 is 0. The smallest absolute Gasteiger partial charge is 0.413 e. The molecule has 0 unspecified atom stereocenters. The Hall–Kier alpha value is -2.85. The van der Waals surface area contributed by atoms with E-state index in [1.165, 1.54) is 11.1 Å². The molecular formula is C27H42N6O4. The van der Waals surface area contributed by atoms with Gasteiger partial charge >= 0.3 is 6.09 Å². The van der Waals surface area contributed by atoms with Crippen molar-refractivity contribution in [3.63, 3.8) is 0 Å². The van der Waals surface area contributed by atoms with Crippen molar-refractivity contribution in [2.75, 3.05) is 10.6 Å². The molecule has 0 spiro atoms. The van der Waals surface area contributed by atoms with E-state index in [1.807, 2.05) is 34.6 Å². The first-order valence-electron chi connectivity index (χ1n) is 13.0. The van der Waals surface area contributed by atoms with Gasteiger partial charge in [-0.2, -0.15) is 0 Å². The molecule has 37 heavy (non-hydrogen) atoms. The van der Waals surface area contributed by atoms with Crippen LogP contribution in [0.4, 0.5) is 16.4 Å². The first-order chi connectivity index (χ1) is 17.2. The van der Waals surface area contributed by atoms with Crippen molar-refractivity contribution in [1.29, 1.82) is 0 Å². The molecule has 2 aliphatic carbocycles. The maximum atomic E-state index is 11.4. The predicted octanol–water partition coefficient (Wildman–Crippen LogP) is 4.64. The summed E-state index contributed by atoms with van der Waals surface area (Å²) in [5.74, 6) is 1.51. The van der Waals surface area contributed by atoms with Gasteiger partial charge in [0, 0.05) is 17.4 Å². The van der Waals surface area contributed by atoms with Crippen LogP contribution in [0.25, 0.3) is 0 Å². The van der Waals surface area contributed by atoms with Crippen molar-refractivity contribution >= 4 is 17.7 Å². The number of rotatable bonds is 3. The van der Waals surface area contributed by atoms with Crippen molar-refractivity contribution in [1.82, 2.24) is 19.9 Å². The highest BCUT2D eigenvalue weighted by atomic mass is 16.4. The van der Waals surface area contributed by atoms with Crippen LogP contribution in [0.5, 0.6) is 0 Å². The third kappa shape index (κ3) is 8.07. The number of anilines is 2. The molecule has 0 aliphatic heterocycles. The Balaban J connectivity index is 0.000000220. The molecule has 1 amide bonds. The highest BCUT2D eigenvalue weighted by Gasteiger charge is 2.32. The summed E-state index contributed by atoms with van der Waals surface area (Å²) in [6, 6.07) is 0. The summed E-state index contributed by atoms with van der Waals surface area (Å²) in [7, 11) is 0. The van der Waals surface area contributed by atoms with Gasteiger partial charge in [0.15, 0.2) is 5.82 Å². The highest BCUT2D eigenvalue weighted by molar-refractivity contribution is 5.85. The molecular weight excluding hydrogens is 472 g/mol. The van der Waals surface area contributed by atoms with E-state index in [1.54, 1.807) is 18.6 Å². The second kappa shape index (κ2) is 11.3. The molecule has 2 aliphatic rings. The average Bonchev–Trinajstić information content (AvgIpc) is 2.80. The minimum absolute atomic E-state index is 0.287. The maximum absolute atomic E-state index is 11.4. The molecule has 2 fully saturated rings. The maximum Gasteiger partial charge on any atom is 0.413 e. The molecule has 2 aromatic rings. The third-order valence-electron chi connectivity index (χ3n) is 7.40. The second-order valence-electron chi connectivity index (χ2n) is 12.0. The quantitative estimate of drug-likeness (QED) is 0.458. The molecule has 0 bridgehead atoms. The van der Waals surface area contributed by atoms with Crippen LogP contribution in [0.2, 0.25) is 0 Å². The molecule has 0 aromatic carbocycles. The number of amides is 1. The van der Waals surface area contributed by atoms with Crippen LogP contribution >= 0.6 is 0 Å². The molecule has 10 heteroatoms. The molecule has 10 nitrogen and oxygen atoms in total. The van der Waals surface area contributed by atoms with E-state index in [2.05, 4.69) is 19.9 Å². The SMILES string of the molecule is CC1(O)CCC(c2cnc(N(C(=O)O)C(C)(C)C)cn2)CC1.CC1(O)CCC(c2cnc(N)cn2)CC1.